The third-order valence-corrected chi connectivity index (χ3v) is 3.81. The molecule has 2 rings (SSSR count). The van der Waals surface area contributed by atoms with E-state index in [4.69, 9.17) is 0 Å². The Morgan fingerprint density at radius 2 is 1.81 bits per heavy atom. The van der Waals surface area contributed by atoms with Gasteiger partial charge in [0.05, 0.1) is 0 Å². The maximum Gasteiger partial charge on any atom is 0.194 e. The monoisotopic (exact) mass is 303 g/mol. The number of nitrogens with one attached hydrogen (secondary N) is 1. The molecule has 0 amide bonds. The van der Waals surface area contributed by atoms with E-state index in [-0.39, 0.29) is 0 Å². The van der Waals surface area contributed by atoms with Gasteiger partial charge >= 0.3 is 0 Å². The first-order chi connectivity index (χ1) is 10.1. The van der Waals surface area contributed by atoms with Crippen LogP contribution in [-0.4, -0.2) is 26.5 Å². The highest BCUT2D eigenvalue weighted by Crippen LogP contribution is 2.30. The second-order valence-electron chi connectivity index (χ2n) is 4.82. The van der Waals surface area contributed by atoms with Gasteiger partial charge in [0.1, 0.15) is 17.2 Å². The van der Waals surface area contributed by atoms with Crippen LogP contribution < -0.4 is 5.32 Å². The first kappa shape index (κ1) is 15.7. The summed E-state index contributed by atoms with van der Waals surface area (Å²) in [7, 11) is 0. The van der Waals surface area contributed by atoms with Crippen LogP contribution in [0.3, 0.4) is 0 Å². The van der Waals surface area contributed by atoms with E-state index in [1.54, 1.807) is 6.33 Å². The number of rotatable bonds is 6. The van der Waals surface area contributed by atoms with Gasteiger partial charge in [-0.15, -0.1) is 0 Å². The minimum atomic E-state index is 0.742. The Bertz CT molecular complexity index is 595. The Morgan fingerprint density at radius 3 is 2.43 bits per heavy atom. The second kappa shape index (κ2) is 7.36. The van der Waals surface area contributed by atoms with Gasteiger partial charge in [-0.05, 0) is 45.0 Å². The van der Waals surface area contributed by atoms with Crippen LogP contribution in [0.5, 0.6) is 0 Å². The lowest BCUT2D eigenvalue weighted by Crippen LogP contribution is -2.06. The number of aromatic nitrogens is 4. The van der Waals surface area contributed by atoms with Crippen LogP contribution >= 0.6 is 11.8 Å². The van der Waals surface area contributed by atoms with Gasteiger partial charge < -0.3 is 5.32 Å². The molecule has 1 N–H and O–H groups in total. The van der Waals surface area contributed by atoms with E-state index in [2.05, 4.69) is 39.1 Å². The Balaban J connectivity index is 2.35. The van der Waals surface area contributed by atoms with Gasteiger partial charge in [-0.3, -0.25) is 0 Å². The van der Waals surface area contributed by atoms with Gasteiger partial charge in [0.25, 0.3) is 0 Å². The highest BCUT2D eigenvalue weighted by molar-refractivity contribution is 7.99. The molecule has 0 fully saturated rings. The lowest BCUT2D eigenvalue weighted by atomic mass is 10.2. The van der Waals surface area contributed by atoms with Gasteiger partial charge in [0, 0.05) is 23.5 Å². The van der Waals surface area contributed by atoms with E-state index < -0.39 is 0 Å². The summed E-state index contributed by atoms with van der Waals surface area (Å²) >= 11 is 1.51. The molecule has 2 aromatic heterocycles. The minimum Gasteiger partial charge on any atom is -0.370 e. The summed E-state index contributed by atoms with van der Waals surface area (Å²) in [6, 6.07) is 1.97. The molecule has 2 aromatic rings. The average molecular weight is 303 g/mol. The van der Waals surface area contributed by atoms with Crippen LogP contribution in [-0.2, 0) is 6.42 Å². The molecule has 112 valence electrons. The molecule has 21 heavy (non-hydrogen) atoms. The number of hydrogen-bond acceptors (Lipinski definition) is 6. The molecule has 0 aliphatic heterocycles. The Kier molecular flexibility index (Phi) is 5.50. The molecule has 0 spiro atoms. The van der Waals surface area contributed by atoms with E-state index in [0.717, 1.165) is 52.3 Å². The first-order valence-electron chi connectivity index (χ1n) is 7.21. The van der Waals surface area contributed by atoms with E-state index in [0.29, 0.717) is 0 Å². The van der Waals surface area contributed by atoms with Crippen molar-refractivity contribution in [3.63, 3.8) is 0 Å². The minimum absolute atomic E-state index is 0.742. The van der Waals surface area contributed by atoms with E-state index in [1.165, 1.54) is 11.8 Å². The lowest BCUT2D eigenvalue weighted by Gasteiger charge is -2.12. The largest absolute Gasteiger partial charge is 0.370 e. The SMILES string of the molecule is CCCc1c(NCC)ncnc1Sc1nc(C)cc(C)n1. The lowest BCUT2D eigenvalue weighted by molar-refractivity contribution is 0.847. The van der Waals surface area contributed by atoms with Gasteiger partial charge in [0.15, 0.2) is 5.16 Å². The Hall–Kier alpha value is -1.69. The van der Waals surface area contributed by atoms with Crippen LogP contribution in [0, 0.1) is 13.8 Å². The summed E-state index contributed by atoms with van der Waals surface area (Å²) in [6.07, 6.45) is 3.59. The van der Waals surface area contributed by atoms with Gasteiger partial charge in [-0.25, -0.2) is 19.9 Å². The molecule has 2 heterocycles. The maximum atomic E-state index is 4.48. The average Bonchev–Trinajstić information content (AvgIpc) is 2.41. The number of anilines is 1. The molecule has 0 aliphatic carbocycles. The Morgan fingerprint density at radius 1 is 1.10 bits per heavy atom. The second-order valence-corrected chi connectivity index (χ2v) is 5.78. The molecule has 5 nitrogen and oxygen atoms in total. The summed E-state index contributed by atoms with van der Waals surface area (Å²) in [5, 5.41) is 4.98. The predicted octanol–water partition coefficient (Wildman–Crippen LogP) is 3.42. The zero-order valence-corrected chi connectivity index (χ0v) is 13.8. The van der Waals surface area contributed by atoms with Gasteiger partial charge in [-0.2, -0.15) is 0 Å². The van der Waals surface area contributed by atoms with Crippen molar-refractivity contribution in [2.45, 2.75) is 50.7 Å². The van der Waals surface area contributed by atoms with E-state index in [1.807, 2.05) is 19.9 Å². The molecule has 0 unspecified atom stereocenters. The zero-order chi connectivity index (χ0) is 15.2. The molecule has 0 bridgehead atoms. The van der Waals surface area contributed by atoms with Crippen molar-refractivity contribution < 1.29 is 0 Å². The van der Waals surface area contributed by atoms with Crippen LogP contribution in [0.25, 0.3) is 0 Å². The van der Waals surface area contributed by atoms with E-state index in [9.17, 15) is 0 Å². The molecule has 0 saturated heterocycles. The molecular weight excluding hydrogens is 282 g/mol. The van der Waals surface area contributed by atoms with E-state index >= 15 is 0 Å². The predicted molar refractivity (Wildman–Crippen MR) is 85.8 cm³/mol. The van der Waals surface area contributed by atoms with Crippen molar-refractivity contribution >= 4 is 17.6 Å². The van der Waals surface area contributed by atoms with Crippen LogP contribution in [0.1, 0.15) is 37.2 Å². The quantitative estimate of drug-likeness (QED) is 0.651. The zero-order valence-electron chi connectivity index (χ0n) is 13.0. The molecule has 0 radical (unpaired) electrons. The van der Waals surface area contributed by atoms with Crippen LogP contribution in [0.4, 0.5) is 5.82 Å². The van der Waals surface area contributed by atoms with Crippen LogP contribution in [0.15, 0.2) is 22.6 Å². The third-order valence-electron chi connectivity index (χ3n) is 2.90. The fourth-order valence-electron chi connectivity index (χ4n) is 2.10. The standard InChI is InChI=1S/C15H21N5S/c1-5-7-12-13(16-6-2)17-9-18-14(12)21-15-19-10(3)8-11(4)20-15/h8-9H,5-7H2,1-4H3,(H,16,17,18). The molecule has 6 heteroatoms. The highest BCUT2D eigenvalue weighted by Gasteiger charge is 2.13. The van der Waals surface area contributed by atoms with Crippen molar-refractivity contribution in [3.8, 4) is 0 Å². The van der Waals surface area contributed by atoms with Crippen molar-refractivity contribution in [1.29, 1.82) is 0 Å². The maximum absolute atomic E-state index is 4.48. The van der Waals surface area contributed by atoms with Crippen molar-refractivity contribution in [1.82, 2.24) is 19.9 Å². The van der Waals surface area contributed by atoms with Crippen molar-refractivity contribution in [2.75, 3.05) is 11.9 Å². The molecular formula is C15H21N5S. The summed E-state index contributed by atoms with van der Waals surface area (Å²) in [6.45, 7) is 9.03. The van der Waals surface area contributed by atoms with Crippen molar-refractivity contribution in [2.24, 2.45) is 0 Å². The fourth-order valence-corrected chi connectivity index (χ4v) is 3.08. The Labute approximate surface area is 130 Å². The molecule has 0 aliphatic rings. The number of nitrogens with zero attached hydrogens (tertiary/aromatic N) is 4. The summed E-state index contributed by atoms with van der Waals surface area (Å²) in [4.78, 5) is 17.7. The topological polar surface area (TPSA) is 63.6 Å². The number of aryl methyl sites for hydroxylation is 2. The molecule has 0 saturated carbocycles. The highest BCUT2D eigenvalue weighted by atomic mass is 32.2. The third kappa shape index (κ3) is 4.14. The smallest absolute Gasteiger partial charge is 0.194 e. The molecule has 0 atom stereocenters. The summed E-state index contributed by atoms with van der Waals surface area (Å²) in [5.74, 6) is 0.918. The van der Waals surface area contributed by atoms with Crippen molar-refractivity contribution in [3.05, 3.63) is 29.3 Å². The molecule has 0 aromatic carbocycles. The summed E-state index contributed by atoms with van der Waals surface area (Å²) < 4.78 is 0. The number of hydrogen-bond donors (Lipinski definition) is 1. The first-order valence-corrected chi connectivity index (χ1v) is 8.03. The van der Waals surface area contributed by atoms with Gasteiger partial charge in [-0.1, -0.05) is 13.3 Å². The normalized spacial score (nSPS) is 10.7. The van der Waals surface area contributed by atoms with Gasteiger partial charge in [0.2, 0.25) is 0 Å². The fraction of sp³-hybridized carbons (Fsp3) is 0.467. The van der Waals surface area contributed by atoms with Crippen LogP contribution in [0.2, 0.25) is 0 Å². The summed E-state index contributed by atoms with van der Waals surface area (Å²) in [5.41, 5.74) is 3.10.